The van der Waals surface area contributed by atoms with Gasteiger partial charge in [0, 0.05) is 31.5 Å². The summed E-state index contributed by atoms with van der Waals surface area (Å²) in [6, 6.07) is 17.0. The normalized spacial score (nSPS) is 10.2. The van der Waals surface area contributed by atoms with E-state index in [0.29, 0.717) is 26.4 Å². The van der Waals surface area contributed by atoms with Crippen LogP contribution in [-0.2, 0) is 0 Å². The summed E-state index contributed by atoms with van der Waals surface area (Å²) in [6.07, 6.45) is 0. The molecule has 0 saturated carbocycles. The van der Waals surface area contributed by atoms with E-state index in [-0.39, 0.29) is 28.6 Å². The lowest BCUT2D eigenvalue weighted by Gasteiger charge is -2.07. The number of nitrogens with one attached hydrogen (secondary N) is 2. The first kappa shape index (κ1) is 38.3. The second-order valence-electron chi connectivity index (χ2n) is 10.1. The summed E-state index contributed by atoms with van der Waals surface area (Å²) in [4.78, 5) is 57.4. The van der Waals surface area contributed by atoms with Gasteiger partial charge in [-0.1, -0.05) is 24.3 Å². The zero-order chi connectivity index (χ0) is 36.4. The summed E-state index contributed by atoms with van der Waals surface area (Å²) in [6.45, 7) is 3.95. The fourth-order valence-electron chi connectivity index (χ4n) is 4.01. The Labute approximate surface area is 311 Å². The lowest BCUT2D eigenvalue weighted by Crippen LogP contribution is -2.27. The van der Waals surface area contributed by atoms with Crippen LogP contribution >= 0.6 is 61.3 Å². The molecule has 0 radical (unpaired) electrons. The van der Waals surface area contributed by atoms with Crippen LogP contribution < -0.4 is 27.6 Å². The molecule has 0 spiro atoms. The molecule has 4 amide bonds. The predicted molar refractivity (Wildman–Crippen MR) is 205 cm³/mol. The summed E-state index contributed by atoms with van der Waals surface area (Å²) in [5.74, 6) is -1.93. The molecule has 50 heavy (non-hydrogen) atoms. The van der Waals surface area contributed by atoms with Gasteiger partial charge in [0.15, 0.2) is 3.92 Å². The van der Waals surface area contributed by atoms with E-state index >= 15 is 0 Å². The standard InChI is InChI=1S/C16H13N3O2S2.C11H8BrN3O2S.C5H7BO2S/c1-9-6-10(7-22-9)16-19-13(8-23-16)15(21)18-12-5-3-2-4-11(12)14(17)20;12-11-15-8(5-18-11)10(17)14-7-4-2-1-3-6(7)9(13)16;1-4-2-5(3-9-4)6(7)8/h2-8H,1H3,(H2,17,20)(H,18,21);1-5H,(H2,13,16)(H,14,17);2-3,7-8H,1H3. The number of amides is 4. The van der Waals surface area contributed by atoms with Crippen LogP contribution in [0, 0.1) is 13.8 Å². The van der Waals surface area contributed by atoms with E-state index in [9.17, 15) is 19.2 Å². The van der Waals surface area contributed by atoms with E-state index in [1.807, 2.05) is 25.3 Å². The third kappa shape index (κ3) is 10.7. The van der Waals surface area contributed by atoms with Gasteiger partial charge in [-0.05, 0) is 77.0 Å². The first-order valence-electron chi connectivity index (χ1n) is 14.3. The molecular weight excluding hydrogens is 783 g/mol. The molecule has 0 aliphatic heterocycles. The van der Waals surface area contributed by atoms with Gasteiger partial charge >= 0.3 is 7.12 Å². The molecule has 6 rings (SSSR count). The van der Waals surface area contributed by atoms with Crippen molar-refractivity contribution in [1.29, 1.82) is 0 Å². The van der Waals surface area contributed by atoms with Crippen LogP contribution in [0.5, 0.6) is 0 Å². The fraction of sp³-hybridized carbons (Fsp3) is 0.0625. The van der Waals surface area contributed by atoms with Crippen LogP contribution in [0.3, 0.4) is 0 Å². The van der Waals surface area contributed by atoms with Crippen molar-refractivity contribution >= 4 is 109 Å². The van der Waals surface area contributed by atoms with Crippen LogP contribution in [0.2, 0.25) is 0 Å². The van der Waals surface area contributed by atoms with Crippen LogP contribution in [-0.4, -0.2) is 50.8 Å². The second-order valence-corrected chi connectivity index (χ2v) is 15.3. The van der Waals surface area contributed by atoms with Crippen molar-refractivity contribution in [1.82, 2.24) is 9.97 Å². The summed E-state index contributed by atoms with van der Waals surface area (Å²) in [5, 5.41) is 30.3. The van der Waals surface area contributed by atoms with Gasteiger partial charge in [0.25, 0.3) is 23.6 Å². The molecule has 0 fully saturated rings. The van der Waals surface area contributed by atoms with Crippen molar-refractivity contribution in [3.63, 3.8) is 0 Å². The average Bonchev–Trinajstić information content (AvgIpc) is 3.90. The maximum Gasteiger partial charge on any atom is 0.489 e. The lowest BCUT2D eigenvalue weighted by molar-refractivity contribution is 0.0989. The summed E-state index contributed by atoms with van der Waals surface area (Å²) >= 11 is 9.04. The third-order valence-corrected chi connectivity index (χ3v) is 10.4. The number of nitrogens with zero attached hydrogens (tertiary/aromatic N) is 2. The van der Waals surface area contributed by atoms with Gasteiger partial charge in [-0.2, -0.15) is 0 Å². The van der Waals surface area contributed by atoms with Gasteiger partial charge in [-0.3, -0.25) is 19.2 Å². The van der Waals surface area contributed by atoms with Crippen LogP contribution in [0.4, 0.5) is 11.4 Å². The highest BCUT2D eigenvalue weighted by Gasteiger charge is 2.16. The minimum Gasteiger partial charge on any atom is -0.423 e. The van der Waals surface area contributed by atoms with Crippen molar-refractivity contribution in [3.05, 3.63) is 118 Å². The highest BCUT2D eigenvalue weighted by molar-refractivity contribution is 9.11. The Balaban J connectivity index is 0.000000184. The molecule has 0 atom stereocenters. The lowest BCUT2D eigenvalue weighted by atomic mass is 9.83. The highest BCUT2D eigenvalue weighted by Crippen LogP contribution is 2.28. The van der Waals surface area contributed by atoms with E-state index in [2.05, 4.69) is 36.5 Å². The Morgan fingerprint density at radius 1 is 0.700 bits per heavy atom. The van der Waals surface area contributed by atoms with Crippen LogP contribution in [0.15, 0.2) is 86.1 Å². The molecule has 0 aliphatic rings. The SMILES string of the molecule is Cc1cc(-c2nc(C(=O)Nc3ccccc3C(N)=O)cs2)cs1.Cc1cc(B(O)O)cs1.NC(=O)c1ccccc1NC(=O)c1csc(Br)n1. The van der Waals surface area contributed by atoms with E-state index in [4.69, 9.17) is 21.5 Å². The number of hydrogen-bond donors (Lipinski definition) is 6. The molecule has 0 bridgehead atoms. The number of carbonyl (C=O) groups excluding carboxylic acids is 4. The number of para-hydroxylation sites is 2. The maximum atomic E-state index is 12.3. The molecule has 12 nitrogen and oxygen atoms in total. The molecule has 18 heteroatoms. The van der Waals surface area contributed by atoms with E-state index in [0.717, 1.165) is 15.4 Å². The number of aryl methyl sites for hydroxylation is 2. The highest BCUT2D eigenvalue weighted by atomic mass is 79.9. The minimum absolute atomic E-state index is 0.264. The summed E-state index contributed by atoms with van der Waals surface area (Å²) < 4.78 is 0.621. The second kappa shape index (κ2) is 17.9. The number of aromatic nitrogens is 2. The molecule has 2 aromatic carbocycles. The molecule has 4 heterocycles. The molecule has 0 saturated heterocycles. The number of carbonyl (C=O) groups is 4. The number of halogens is 1. The summed E-state index contributed by atoms with van der Waals surface area (Å²) in [5.41, 5.74) is 14.0. The smallest absolute Gasteiger partial charge is 0.423 e. The van der Waals surface area contributed by atoms with Crippen molar-refractivity contribution in [3.8, 4) is 10.6 Å². The minimum atomic E-state index is -1.31. The van der Waals surface area contributed by atoms with Crippen molar-refractivity contribution in [2.24, 2.45) is 11.5 Å². The molecule has 0 unspecified atom stereocenters. The predicted octanol–water partition coefficient (Wildman–Crippen LogP) is 5.52. The van der Waals surface area contributed by atoms with Gasteiger partial charge in [-0.15, -0.1) is 45.3 Å². The first-order chi connectivity index (χ1) is 23.8. The zero-order valence-electron chi connectivity index (χ0n) is 26.2. The number of benzene rings is 2. The number of thiophene rings is 2. The molecule has 4 aromatic heterocycles. The number of thiazole rings is 2. The quantitative estimate of drug-likeness (QED) is 0.108. The molecule has 6 aromatic rings. The van der Waals surface area contributed by atoms with Crippen molar-refractivity contribution in [2.75, 3.05) is 10.6 Å². The Morgan fingerprint density at radius 2 is 1.20 bits per heavy atom. The van der Waals surface area contributed by atoms with Gasteiger partial charge in [0.1, 0.15) is 16.4 Å². The van der Waals surface area contributed by atoms with E-state index in [1.54, 1.807) is 82.1 Å². The van der Waals surface area contributed by atoms with E-state index < -0.39 is 18.9 Å². The average molecular weight is 812 g/mol. The maximum absolute atomic E-state index is 12.3. The zero-order valence-corrected chi connectivity index (χ0v) is 31.1. The van der Waals surface area contributed by atoms with Gasteiger partial charge in [0.2, 0.25) is 0 Å². The Hall–Kier alpha value is -4.56. The van der Waals surface area contributed by atoms with Crippen molar-refractivity contribution < 1.29 is 29.2 Å². The number of nitrogens with two attached hydrogens (primary N) is 2. The third-order valence-electron chi connectivity index (χ3n) is 6.35. The largest absolute Gasteiger partial charge is 0.489 e. The van der Waals surface area contributed by atoms with Gasteiger partial charge in [0.05, 0.1) is 22.5 Å². The Bertz CT molecular complexity index is 2130. The fourth-order valence-corrected chi connectivity index (χ4v) is 7.27. The molecule has 0 aliphatic carbocycles. The number of primary amides is 2. The van der Waals surface area contributed by atoms with Crippen LogP contribution in [0.1, 0.15) is 51.4 Å². The molecule has 8 N–H and O–H groups in total. The topological polar surface area (TPSA) is 211 Å². The van der Waals surface area contributed by atoms with E-state index in [1.165, 1.54) is 38.9 Å². The molecule has 256 valence electrons. The Morgan fingerprint density at radius 3 is 1.62 bits per heavy atom. The number of anilines is 2. The summed E-state index contributed by atoms with van der Waals surface area (Å²) in [7, 11) is -1.31. The van der Waals surface area contributed by atoms with Crippen LogP contribution in [0.25, 0.3) is 10.6 Å². The monoisotopic (exact) mass is 810 g/mol. The van der Waals surface area contributed by atoms with Gasteiger partial charge < -0.3 is 32.1 Å². The molecular formula is C32H28BBrN6O6S4. The Kier molecular flexibility index (Phi) is 13.7. The number of rotatable bonds is 8. The van der Waals surface area contributed by atoms with Gasteiger partial charge in [-0.25, -0.2) is 9.97 Å². The number of hydrogen-bond acceptors (Lipinski definition) is 12. The van der Waals surface area contributed by atoms with Crippen molar-refractivity contribution in [2.45, 2.75) is 13.8 Å². The first-order valence-corrected chi connectivity index (χ1v) is 18.6.